The lowest BCUT2D eigenvalue weighted by Gasteiger charge is -2.40. The second-order valence-corrected chi connectivity index (χ2v) is 8.23. The number of hydrogen-bond acceptors (Lipinski definition) is 9. The Morgan fingerprint density at radius 1 is 1.23 bits per heavy atom. The third-order valence-electron chi connectivity index (χ3n) is 6.14. The van der Waals surface area contributed by atoms with Crippen molar-refractivity contribution in [3.05, 3.63) is 34.9 Å². The zero-order valence-electron chi connectivity index (χ0n) is 20.2. The van der Waals surface area contributed by atoms with Crippen LogP contribution < -0.4 is 14.8 Å². The second-order valence-electron chi connectivity index (χ2n) is 8.23. The van der Waals surface area contributed by atoms with Gasteiger partial charge in [0.25, 0.3) is 0 Å². The summed E-state index contributed by atoms with van der Waals surface area (Å²) >= 11 is 0. The summed E-state index contributed by atoms with van der Waals surface area (Å²) < 4.78 is 22.0. The molecule has 4 N–H and O–H groups in total. The van der Waals surface area contributed by atoms with Gasteiger partial charge in [0, 0.05) is 37.9 Å². The highest BCUT2D eigenvalue weighted by atomic mass is 16.5. The van der Waals surface area contributed by atoms with Crippen molar-refractivity contribution >= 4 is 11.8 Å². The van der Waals surface area contributed by atoms with E-state index in [4.69, 9.17) is 18.9 Å². The smallest absolute Gasteiger partial charge is 0.249 e. The number of rotatable bonds is 12. The topological polar surface area (TPSA) is 147 Å². The van der Waals surface area contributed by atoms with Gasteiger partial charge in [-0.3, -0.25) is 9.59 Å². The molecule has 1 aromatic rings. The van der Waals surface area contributed by atoms with Crippen LogP contribution in [0.25, 0.3) is 0 Å². The molecule has 3 rings (SSSR count). The lowest BCUT2D eigenvalue weighted by Crippen LogP contribution is -2.57. The molecule has 0 spiro atoms. The van der Waals surface area contributed by atoms with Crippen molar-refractivity contribution in [1.82, 2.24) is 10.2 Å². The molecular formula is C24H34N2O9. The highest BCUT2D eigenvalue weighted by Crippen LogP contribution is 2.51. The number of fused-ring (bicyclic) bond motifs is 3. The highest BCUT2D eigenvalue weighted by molar-refractivity contribution is 5.96. The van der Waals surface area contributed by atoms with E-state index in [2.05, 4.69) is 5.32 Å². The third-order valence-corrected chi connectivity index (χ3v) is 6.14. The fourth-order valence-electron chi connectivity index (χ4n) is 4.52. The summed E-state index contributed by atoms with van der Waals surface area (Å²) in [5, 5.41) is 33.0. The predicted molar refractivity (Wildman–Crippen MR) is 124 cm³/mol. The Hall–Kier alpha value is -2.70. The Morgan fingerprint density at radius 3 is 2.63 bits per heavy atom. The molecule has 2 amide bonds. The van der Waals surface area contributed by atoms with Crippen molar-refractivity contribution in [1.29, 1.82) is 0 Å². The number of nitrogens with one attached hydrogen (secondary N) is 1. The number of aliphatic hydroxyl groups excluding tert-OH is 3. The summed E-state index contributed by atoms with van der Waals surface area (Å²) in [6.45, 7) is 1.83. The number of carbonyl (C=O) groups excluding carboxylic acids is 2. The Balaban J connectivity index is 2.09. The molecule has 11 nitrogen and oxygen atoms in total. The Bertz CT molecular complexity index is 936. The second kappa shape index (κ2) is 12.3. The van der Waals surface area contributed by atoms with E-state index in [9.17, 15) is 24.9 Å². The predicted octanol–water partition coefficient (Wildman–Crippen LogP) is -0.678. The summed E-state index contributed by atoms with van der Waals surface area (Å²) in [6.07, 6.45) is -0.525. The maximum Gasteiger partial charge on any atom is 0.249 e. The molecule has 194 valence electrons. The number of nitrogens with zero attached hydrogens (tertiary/aromatic N) is 1. The van der Waals surface area contributed by atoms with Crippen molar-refractivity contribution in [2.45, 2.75) is 37.7 Å². The van der Waals surface area contributed by atoms with Crippen molar-refractivity contribution in [3.8, 4) is 11.5 Å². The van der Waals surface area contributed by atoms with Crippen LogP contribution in [0.5, 0.6) is 11.5 Å². The summed E-state index contributed by atoms with van der Waals surface area (Å²) in [5.41, 5.74) is 1.43. The molecule has 1 aliphatic carbocycles. The molecule has 4 atom stereocenters. The molecule has 0 saturated carbocycles. The first-order chi connectivity index (χ1) is 16.9. The standard InChI is InChI=1S/C24H34N2O9/c1-4-34-13-19(29)26(6-8-32-2)17-11-16(24(31)25-5-7-27)20-15-9-14(12-28)10-18(33-3)22(15)35-23(20)21(17)30/h9-11,17,20-21,23,27-28,30H,4-8,12-13H2,1-3H3,(H,25,31)/t17-,20+,21+,23+/m1/s1. The minimum Gasteiger partial charge on any atom is -0.493 e. The van der Waals surface area contributed by atoms with Crippen LogP contribution in [0.2, 0.25) is 0 Å². The van der Waals surface area contributed by atoms with Gasteiger partial charge in [0.2, 0.25) is 11.8 Å². The van der Waals surface area contributed by atoms with E-state index in [0.29, 0.717) is 29.2 Å². The van der Waals surface area contributed by atoms with Gasteiger partial charge >= 0.3 is 0 Å². The molecule has 0 unspecified atom stereocenters. The Labute approximate surface area is 204 Å². The molecule has 0 saturated heterocycles. The van der Waals surface area contributed by atoms with Gasteiger partial charge in [-0.25, -0.2) is 0 Å². The van der Waals surface area contributed by atoms with Crippen LogP contribution in [0.3, 0.4) is 0 Å². The lowest BCUT2D eigenvalue weighted by atomic mass is 9.77. The number of amides is 2. The molecule has 0 aromatic heterocycles. The Morgan fingerprint density at radius 2 is 2.00 bits per heavy atom. The fourth-order valence-corrected chi connectivity index (χ4v) is 4.52. The third kappa shape index (κ3) is 5.60. The number of benzene rings is 1. The van der Waals surface area contributed by atoms with Crippen LogP contribution in [-0.2, 0) is 25.7 Å². The highest BCUT2D eigenvalue weighted by Gasteiger charge is 2.51. The SMILES string of the molecule is CCOCC(=O)N(CCOC)[C@@H]1C=C(C(=O)NCCO)[C@@H]2c3cc(CO)cc(OC)c3O[C@@H]2[C@H]1O. The average Bonchev–Trinajstić information content (AvgIpc) is 3.26. The van der Waals surface area contributed by atoms with Gasteiger partial charge in [-0.05, 0) is 30.7 Å². The number of carbonyl (C=O) groups is 2. The maximum absolute atomic E-state index is 13.2. The van der Waals surface area contributed by atoms with E-state index < -0.39 is 30.1 Å². The summed E-state index contributed by atoms with van der Waals surface area (Å²) in [7, 11) is 2.97. The molecule has 1 heterocycles. The quantitative estimate of drug-likeness (QED) is 0.297. The zero-order chi connectivity index (χ0) is 25.5. The van der Waals surface area contributed by atoms with Crippen molar-refractivity contribution < 1.29 is 43.9 Å². The van der Waals surface area contributed by atoms with Gasteiger partial charge in [-0.1, -0.05) is 0 Å². The van der Waals surface area contributed by atoms with Gasteiger partial charge < -0.3 is 44.5 Å². The molecule has 1 aliphatic heterocycles. The van der Waals surface area contributed by atoms with E-state index >= 15 is 0 Å². The summed E-state index contributed by atoms with van der Waals surface area (Å²) in [5.74, 6) is -0.775. The zero-order valence-corrected chi connectivity index (χ0v) is 20.2. The molecule has 0 bridgehead atoms. The van der Waals surface area contributed by atoms with Crippen molar-refractivity contribution in [3.63, 3.8) is 0 Å². The van der Waals surface area contributed by atoms with Gasteiger partial charge in [-0.2, -0.15) is 0 Å². The molecule has 1 aromatic carbocycles. The van der Waals surface area contributed by atoms with Crippen LogP contribution in [0.15, 0.2) is 23.8 Å². The minimum absolute atomic E-state index is 0.0329. The first kappa shape index (κ1) is 26.9. The molecule has 2 aliphatic rings. The van der Waals surface area contributed by atoms with Crippen LogP contribution in [0.4, 0.5) is 0 Å². The van der Waals surface area contributed by atoms with E-state index in [0.717, 1.165) is 0 Å². The molecule has 11 heteroatoms. The summed E-state index contributed by atoms with van der Waals surface area (Å²) in [4.78, 5) is 27.6. The first-order valence-electron chi connectivity index (χ1n) is 11.5. The summed E-state index contributed by atoms with van der Waals surface area (Å²) in [6, 6.07) is 2.45. The van der Waals surface area contributed by atoms with Crippen LogP contribution in [0, 0.1) is 0 Å². The monoisotopic (exact) mass is 494 g/mol. The largest absolute Gasteiger partial charge is 0.493 e. The van der Waals surface area contributed by atoms with E-state index in [1.165, 1.54) is 19.1 Å². The van der Waals surface area contributed by atoms with Crippen molar-refractivity contribution in [2.75, 3.05) is 53.7 Å². The fraction of sp³-hybridized carbons (Fsp3) is 0.583. The van der Waals surface area contributed by atoms with Gasteiger partial charge in [-0.15, -0.1) is 0 Å². The molecule has 0 radical (unpaired) electrons. The molecule has 35 heavy (non-hydrogen) atoms. The number of ether oxygens (including phenoxy) is 4. The number of aliphatic hydroxyl groups is 3. The maximum atomic E-state index is 13.2. The van der Waals surface area contributed by atoms with E-state index in [-0.39, 0.29) is 51.0 Å². The molecule has 0 fully saturated rings. The first-order valence-corrected chi connectivity index (χ1v) is 11.5. The average molecular weight is 495 g/mol. The lowest BCUT2D eigenvalue weighted by molar-refractivity contribution is -0.142. The van der Waals surface area contributed by atoms with Crippen LogP contribution in [0.1, 0.15) is 24.0 Å². The van der Waals surface area contributed by atoms with Crippen LogP contribution >= 0.6 is 0 Å². The van der Waals surface area contributed by atoms with Gasteiger partial charge in [0.05, 0.1) is 38.9 Å². The number of hydrogen-bond donors (Lipinski definition) is 4. The minimum atomic E-state index is -1.19. The normalized spacial score (nSPS) is 22.5. The van der Waals surface area contributed by atoms with Crippen LogP contribution in [-0.4, -0.2) is 104 Å². The van der Waals surface area contributed by atoms with E-state index in [1.54, 1.807) is 25.1 Å². The molecular weight excluding hydrogens is 460 g/mol. The van der Waals surface area contributed by atoms with Gasteiger partial charge in [0.15, 0.2) is 11.5 Å². The Kier molecular flexibility index (Phi) is 9.47. The van der Waals surface area contributed by atoms with Crippen molar-refractivity contribution in [2.24, 2.45) is 0 Å². The van der Waals surface area contributed by atoms with E-state index in [1.807, 2.05) is 0 Å². The number of methoxy groups -OCH3 is 2. The van der Waals surface area contributed by atoms with Gasteiger partial charge in [0.1, 0.15) is 18.8 Å².